The van der Waals surface area contributed by atoms with E-state index in [1.807, 2.05) is 22.6 Å². The molecular weight excluding hydrogens is 372 g/mol. The summed E-state index contributed by atoms with van der Waals surface area (Å²) < 4.78 is 27.3. The fraction of sp³-hybridized carbons (Fsp3) is 0. The molecule has 2 aromatic carbocycles. The number of benzene rings is 2. The third-order valence-corrected chi connectivity index (χ3v) is 3.93. The molecule has 0 bridgehead atoms. The Balaban J connectivity index is 2.47. The quantitative estimate of drug-likeness (QED) is 0.557. The third kappa shape index (κ3) is 2.70. The van der Waals surface area contributed by atoms with Crippen LogP contribution < -0.4 is 0 Å². The summed E-state index contributed by atoms with van der Waals surface area (Å²) in [5.41, 5.74) is -0.0720. The molecule has 0 unspecified atom stereocenters. The fourth-order valence-electron chi connectivity index (χ4n) is 1.46. The maximum Gasteiger partial charge on any atom is 0.196 e. The van der Waals surface area contributed by atoms with Gasteiger partial charge in [0.25, 0.3) is 0 Å². The lowest BCUT2D eigenvalue weighted by molar-refractivity contribution is 0.103. The molecule has 0 N–H and O–H groups in total. The maximum absolute atomic E-state index is 13.5. The summed E-state index contributed by atoms with van der Waals surface area (Å²) in [6, 6.07) is 7.39. The first-order chi connectivity index (χ1) is 8.49. The maximum atomic E-state index is 13.5. The molecule has 0 saturated heterocycles. The number of carbonyl (C=O) groups excluding carboxylic acids is 1. The zero-order valence-electron chi connectivity index (χ0n) is 8.88. The molecule has 0 spiro atoms. The van der Waals surface area contributed by atoms with Gasteiger partial charge in [-0.05, 0) is 59.0 Å². The average molecular weight is 379 g/mol. The lowest BCUT2D eigenvalue weighted by Gasteiger charge is -2.04. The molecule has 0 atom stereocenters. The van der Waals surface area contributed by atoms with Gasteiger partial charge in [-0.2, -0.15) is 0 Å². The molecule has 0 fully saturated rings. The van der Waals surface area contributed by atoms with E-state index in [2.05, 4.69) is 0 Å². The molecule has 0 radical (unpaired) electrons. The van der Waals surface area contributed by atoms with E-state index >= 15 is 0 Å². The molecule has 92 valence electrons. The van der Waals surface area contributed by atoms with E-state index in [0.717, 1.165) is 21.8 Å². The second kappa shape index (κ2) is 5.32. The first kappa shape index (κ1) is 13.4. The van der Waals surface area contributed by atoms with Gasteiger partial charge in [0.15, 0.2) is 5.78 Å². The summed E-state index contributed by atoms with van der Waals surface area (Å²) in [4.78, 5) is 12.0. The van der Waals surface area contributed by atoms with Gasteiger partial charge in [-0.3, -0.25) is 4.79 Å². The van der Waals surface area contributed by atoms with Crippen LogP contribution in [0.15, 0.2) is 36.4 Å². The largest absolute Gasteiger partial charge is 0.288 e. The number of hydrogen-bond donors (Lipinski definition) is 0. The van der Waals surface area contributed by atoms with Crippen LogP contribution in [-0.2, 0) is 0 Å². The van der Waals surface area contributed by atoms with Gasteiger partial charge in [0.05, 0.1) is 10.6 Å². The van der Waals surface area contributed by atoms with Crippen LogP contribution in [0, 0.1) is 15.2 Å². The van der Waals surface area contributed by atoms with Gasteiger partial charge in [0.2, 0.25) is 0 Å². The van der Waals surface area contributed by atoms with E-state index in [9.17, 15) is 13.6 Å². The number of carbonyl (C=O) groups is 1. The lowest BCUT2D eigenvalue weighted by atomic mass is 10.0. The summed E-state index contributed by atoms with van der Waals surface area (Å²) in [6.07, 6.45) is 0. The molecule has 1 nitrogen and oxygen atoms in total. The Labute approximate surface area is 121 Å². The Morgan fingerprint density at radius 1 is 1.11 bits per heavy atom. The van der Waals surface area contributed by atoms with Gasteiger partial charge in [0, 0.05) is 9.13 Å². The van der Waals surface area contributed by atoms with Crippen LogP contribution in [0.3, 0.4) is 0 Å². The van der Waals surface area contributed by atoms with Crippen LogP contribution in [0.25, 0.3) is 0 Å². The highest BCUT2D eigenvalue weighted by Gasteiger charge is 2.15. The Kier molecular flexibility index (Phi) is 3.97. The summed E-state index contributed by atoms with van der Waals surface area (Å²) in [5, 5.41) is 0.401. The topological polar surface area (TPSA) is 17.1 Å². The van der Waals surface area contributed by atoms with Crippen LogP contribution in [0.2, 0.25) is 5.02 Å². The van der Waals surface area contributed by atoms with Crippen molar-refractivity contribution in [3.05, 3.63) is 67.8 Å². The summed E-state index contributed by atoms with van der Waals surface area (Å²) in [5.74, 6) is -2.00. The highest BCUT2D eigenvalue weighted by molar-refractivity contribution is 14.1. The summed E-state index contributed by atoms with van der Waals surface area (Å²) in [6.45, 7) is 0. The molecule has 2 rings (SSSR count). The van der Waals surface area contributed by atoms with Gasteiger partial charge < -0.3 is 0 Å². The van der Waals surface area contributed by atoms with Crippen molar-refractivity contribution in [1.29, 1.82) is 0 Å². The van der Waals surface area contributed by atoms with Crippen molar-refractivity contribution in [2.75, 3.05) is 0 Å². The van der Waals surface area contributed by atoms with E-state index in [1.165, 1.54) is 12.1 Å². The minimum atomic E-state index is -0.754. The Morgan fingerprint density at radius 3 is 2.50 bits per heavy atom. The van der Waals surface area contributed by atoms with Gasteiger partial charge in [-0.1, -0.05) is 11.6 Å². The first-order valence-corrected chi connectivity index (χ1v) is 6.39. The Morgan fingerprint density at radius 2 is 1.83 bits per heavy atom. The molecule has 18 heavy (non-hydrogen) atoms. The van der Waals surface area contributed by atoms with Gasteiger partial charge in [-0.25, -0.2) is 8.78 Å². The van der Waals surface area contributed by atoms with Crippen LogP contribution in [0.1, 0.15) is 15.9 Å². The third-order valence-electron chi connectivity index (χ3n) is 2.35. The van der Waals surface area contributed by atoms with Crippen LogP contribution in [0.4, 0.5) is 8.78 Å². The van der Waals surface area contributed by atoms with Gasteiger partial charge in [-0.15, -0.1) is 0 Å². The van der Waals surface area contributed by atoms with E-state index < -0.39 is 17.4 Å². The zero-order valence-corrected chi connectivity index (χ0v) is 11.8. The van der Waals surface area contributed by atoms with Crippen molar-refractivity contribution in [2.24, 2.45) is 0 Å². The minimum Gasteiger partial charge on any atom is -0.288 e. The molecule has 5 heteroatoms. The summed E-state index contributed by atoms with van der Waals surface area (Å²) in [7, 11) is 0. The van der Waals surface area contributed by atoms with Crippen LogP contribution >= 0.6 is 34.2 Å². The standard InChI is InChI=1S/C13H6ClF2IO/c14-10-5-7(1-4-12(10)17)13(18)9-6-8(15)2-3-11(9)16/h1-6H. The molecule has 0 amide bonds. The number of halogens is 4. The molecular formula is C13H6ClF2IO. The highest BCUT2D eigenvalue weighted by atomic mass is 127. The second-order valence-electron chi connectivity index (χ2n) is 3.58. The van der Waals surface area contributed by atoms with Crippen molar-refractivity contribution in [1.82, 2.24) is 0 Å². The highest BCUT2D eigenvalue weighted by Crippen LogP contribution is 2.22. The van der Waals surface area contributed by atoms with E-state index in [1.54, 1.807) is 6.07 Å². The van der Waals surface area contributed by atoms with E-state index in [4.69, 9.17) is 11.6 Å². The number of ketones is 1. The normalized spacial score (nSPS) is 10.4. The Hall–Kier alpha value is -1.01. The van der Waals surface area contributed by atoms with Crippen molar-refractivity contribution in [3.8, 4) is 0 Å². The molecule has 2 aromatic rings. The minimum absolute atomic E-state index is 0.227. The SMILES string of the molecule is O=C(c1ccc(I)c(Cl)c1)c1cc(F)ccc1F. The Bertz CT molecular complexity index is 628. The molecule has 0 heterocycles. The van der Waals surface area contributed by atoms with Crippen molar-refractivity contribution in [3.63, 3.8) is 0 Å². The fourth-order valence-corrected chi connectivity index (χ4v) is 1.98. The second-order valence-corrected chi connectivity index (χ2v) is 5.15. The smallest absolute Gasteiger partial charge is 0.196 e. The van der Waals surface area contributed by atoms with E-state index in [-0.39, 0.29) is 11.1 Å². The monoisotopic (exact) mass is 378 g/mol. The zero-order chi connectivity index (χ0) is 13.3. The van der Waals surface area contributed by atoms with E-state index in [0.29, 0.717) is 5.02 Å². The van der Waals surface area contributed by atoms with Crippen LogP contribution in [-0.4, -0.2) is 5.78 Å². The van der Waals surface area contributed by atoms with Crippen molar-refractivity contribution >= 4 is 40.0 Å². The number of hydrogen-bond acceptors (Lipinski definition) is 1. The van der Waals surface area contributed by atoms with Crippen LogP contribution in [0.5, 0.6) is 0 Å². The summed E-state index contributed by atoms with van der Waals surface area (Å²) >= 11 is 7.90. The van der Waals surface area contributed by atoms with Gasteiger partial charge in [0.1, 0.15) is 11.6 Å². The lowest BCUT2D eigenvalue weighted by Crippen LogP contribution is -2.05. The van der Waals surface area contributed by atoms with Crippen molar-refractivity contribution < 1.29 is 13.6 Å². The average Bonchev–Trinajstić information content (AvgIpc) is 2.35. The molecule has 0 aliphatic rings. The van der Waals surface area contributed by atoms with Gasteiger partial charge >= 0.3 is 0 Å². The van der Waals surface area contributed by atoms with Crippen molar-refractivity contribution in [2.45, 2.75) is 0 Å². The molecule has 0 aliphatic heterocycles. The first-order valence-electron chi connectivity index (χ1n) is 4.94. The predicted molar refractivity (Wildman–Crippen MR) is 74.0 cm³/mol. The predicted octanol–water partition coefficient (Wildman–Crippen LogP) is 4.45. The number of rotatable bonds is 2. The molecule has 0 aliphatic carbocycles. The molecule has 0 aromatic heterocycles. The molecule has 0 saturated carbocycles.